The number of carboxylic acid groups (broad SMARTS) is 1. The Morgan fingerprint density at radius 1 is 0.956 bits per heavy atom. The van der Waals surface area contributed by atoms with Crippen LogP contribution in [0.3, 0.4) is 0 Å². The first-order chi connectivity index (χ1) is 21.5. The molecule has 5 N–H and O–H groups in total. The Balaban J connectivity index is 1.94. The van der Waals surface area contributed by atoms with Crippen molar-refractivity contribution >= 4 is 47.7 Å². The van der Waals surface area contributed by atoms with Crippen molar-refractivity contribution in [2.75, 3.05) is 18.6 Å². The number of ether oxygens (including phenoxy) is 1. The smallest absolute Gasteiger partial charge is 0.305 e. The molecule has 0 aliphatic heterocycles. The number of hydrogen-bond donors (Lipinski definition) is 5. The van der Waals surface area contributed by atoms with Crippen LogP contribution in [0.4, 0.5) is 5.69 Å². The third kappa shape index (κ3) is 8.73. The second-order valence-electron chi connectivity index (χ2n) is 9.53. The quantitative estimate of drug-likeness (QED) is 0.0543. The molecule has 2 atom stereocenters. The summed E-state index contributed by atoms with van der Waals surface area (Å²) < 4.78 is 4.92. The highest BCUT2D eigenvalue weighted by atomic mass is 16.5. The van der Waals surface area contributed by atoms with Crippen LogP contribution in [0.1, 0.15) is 34.8 Å². The Morgan fingerprint density at radius 2 is 1.62 bits per heavy atom. The zero-order valence-corrected chi connectivity index (χ0v) is 24.2. The zero-order valence-electron chi connectivity index (χ0n) is 24.2. The molecule has 3 aromatic rings. The Morgan fingerprint density at radius 3 is 2.24 bits per heavy atom. The number of anilines is 1. The maximum absolute atomic E-state index is 12.9. The van der Waals surface area contributed by atoms with Crippen LogP contribution in [0.25, 0.3) is 0 Å². The molecule has 0 aliphatic rings. The molecule has 0 spiro atoms. The Labute approximate surface area is 257 Å². The Hall–Kier alpha value is -6.05. The van der Waals surface area contributed by atoms with Gasteiger partial charge in [0, 0.05) is 16.7 Å². The monoisotopic (exact) mass is 618 g/mol. The predicted molar refractivity (Wildman–Crippen MR) is 160 cm³/mol. The number of amides is 3. The maximum Gasteiger partial charge on any atom is 0.305 e. The van der Waals surface area contributed by atoms with Crippen LogP contribution in [0.5, 0.6) is 17.2 Å². The molecular weight excluding hydrogens is 588 g/mol. The summed E-state index contributed by atoms with van der Waals surface area (Å²) in [7, 11) is 1.21. The van der Waals surface area contributed by atoms with Crippen molar-refractivity contribution in [3.05, 3.63) is 83.4 Å². The number of aromatic hydroxyl groups is 2. The number of nitrogens with one attached hydrogen (secondary N) is 2. The van der Waals surface area contributed by atoms with E-state index in [0.717, 1.165) is 17.0 Å². The van der Waals surface area contributed by atoms with Gasteiger partial charge in [0.25, 0.3) is 5.91 Å². The van der Waals surface area contributed by atoms with Gasteiger partial charge in [-0.15, -0.1) is 0 Å². The molecule has 0 aromatic heterocycles. The van der Waals surface area contributed by atoms with Crippen LogP contribution in [0, 0.1) is 0 Å². The number of carbonyl (C=O) groups is 6. The van der Waals surface area contributed by atoms with Crippen molar-refractivity contribution in [3.8, 4) is 17.2 Å². The second kappa shape index (κ2) is 15.4. The number of aliphatic carboxylic acids is 1. The summed E-state index contributed by atoms with van der Waals surface area (Å²) in [5.74, 6) is -5.65. The fourth-order valence-corrected chi connectivity index (χ4v) is 4.22. The Kier molecular flexibility index (Phi) is 11.5. The van der Waals surface area contributed by atoms with Gasteiger partial charge < -0.3 is 40.4 Å². The fraction of sp³-hybridized carbons (Fsp3) is 0.194. The summed E-state index contributed by atoms with van der Waals surface area (Å²) in [4.78, 5) is 78.3. The van der Waals surface area contributed by atoms with Crippen LogP contribution in [0.15, 0.2) is 71.7 Å². The number of rotatable bonds is 15. The Bertz CT molecular complexity index is 1620. The van der Waals surface area contributed by atoms with E-state index in [9.17, 15) is 39.0 Å². The van der Waals surface area contributed by atoms with Crippen molar-refractivity contribution < 1.29 is 48.8 Å². The average molecular weight is 619 g/mol. The van der Waals surface area contributed by atoms with Crippen LogP contribution in [0.2, 0.25) is 0 Å². The molecule has 0 saturated heterocycles. The average Bonchev–Trinajstić information content (AvgIpc) is 3.03. The minimum Gasteiger partial charge on any atom is -0.504 e. The summed E-state index contributed by atoms with van der Waals surface area (Å²) in [6.45, 7) is 0.939. The number of aldehydes is 1. The van der Waals surface area contributed by atoms with Crippen molar-refractivity contribution in [2.45, 2.75) is 25.6 Å². The first-order valence-electron chi connectivity index (χ1n) is 13.3. The number of carboxylic acids is 1. The lowest BCUT2D eigenvalue weighted by molar-refractivity contribution is -0.138. The highest BCUT2D eigenvalue weighted by Crippen LogP contribution is 2.36. The minimum atomic E-state index is -1.29. The number of phenolic OH excluding ortho intramolecular Hbond substituents is 2. The van der Waals surface area contributed by atoms with Crippen molar-refractivity contribution in [3.63, 3.8) is 0 Å². The van der Waals surface area contributed by atoms with Gasteiger partial charge in [0.05, 0.1) is 31.0 Å². The van der Waals surface area contributed by atoms with Crippen LogP contribution in [-0.4, -0.2) is 83.2 Å². The number of phenols is 2. The largest absolute Gasteiger partial charge is 0.504 e. The van der Waals surface area contributed by atoms with Gasteiger partial charge in [-0.3, -0.25) is 29.0 Å². The van der Waals surface area contributed by atoms with Gasteiger partial charge in [-0.2, -0.15) is 0 Å². The van der Waals surface area contributed by atoms with Gasteiger partial charge in [-0.05, 0) is 25.1 Å². The summed E-state index contributed by atoms with van der Waals surface area (Å²) >= 11 is 0. The number of ketones is 1. The van der Waals surface area contributed by atoms with E-state index in [1.807, 2.05) is 0 Å². The number of benzene rings is 3. The lowest BCUT2D eigenvalue weighted by atomic mass is 9.99. The van der Waals surface area contributed by atoms with Gasteiger partial charge >= 0.3 is 5.97 Å². The minimum absolute atomic E-state index is 0.211. The van der Waals surface area contributed by atoms with Gasteiger partial charge in [0.1, 0.15) is 19.0 Å². The van der Waals surface area contributed by atoms with Gasteiger partial charge in [0.15, 0.2) is 11.5 Å². The summed E-state index contributed by atoms with van der Waals surface area (Å²) in [5, 5.41) is 33.4. The number of carbonyl (C=O) groups excluding carboxylic acids is 5. The number of methoxy groups -OCH3 is 1. The SMILES string of the molecule is COc1cc(C(=O)C(=O)NC(C)/N=C(/c2ccccc2)c2ccccc2N(C=O)CC(=O)NC(C=O)CC(=O)O)cc(O)c1O. The number of nitrogens with zero attached hydrogens (tertiary/aromatic N) is 2. The second-order valence-corrected chi connectivity index (χ2v) is 9.53. The lowest BCUT2D eigenvalue weighted by Crippen LogP contribution is -2.43. The molecule has 0 saturated carbocycles. The molecule has 45 heavy (non-hydrogen) atoms. The molecule has 0 aliphatic carbocycles. The van der Waals surface area contributed by atoms with Gasteiger partial charge in [-0.1, -0.05) is 48.5 Å². The molecule has 0 bridgehead atoms. The van der Waals surface area contributed by atoms with E-state index in [4.69, 9.17) is 9.84 Å². The van der Waals surface area contributed by atoms with E-state index < -0.39 is 60.2 Å². The van der Waals surface area contributed by atoms with Crippen LogP contribution in [-0.2, 0) is 24.0 Å². The van der Waals surface area contributed by atoms with E-state index in [1.165, 1.54) is 14.0 Å². The normalized spacial score (nSPS) is 12.3. The van der Waals surface area contributed by atoms with E-state index in [1.54, 1.807) is 54.6 Å². The van der Waals surface area contributed by atoms with Crippen LogP contribution >= 0.6 is 0 Å². The number of Topliss-reactive ketones (excluding diaryl/α,β-unsaturated/α-hetero) is 1. The molecule has 0 fully saturated rings. The maximum atomic E-state index is 12.9. The third-order valence-corrected chi connectivity index (χ3v) is 6.27. The topological polar surface area (TPSA) is 212 Å². The molecule has 14 nitrogen and oxygen atoms in total. The molecule has 3 aromatic carbocycles. The van der Waals surface area contributed by atoms with Crippen molar-refractivity contribution in [1.82, 2.24) is 10.6 Å². The number of hydrogen-bond acceptors (Lipinski definition) is 10. The molecule has 3 amide bonds. The third-order valence-electron chi connectivity index (χ3n) is 6.27. The number of aliphatic imine (C=N–C) groups is 1. The first-order valence-corrected chi connectivity index (χ1v) is 13.3. The molecule has 0 radical (unpaired) electrons. The summed E-state index contributed by atoms with van der Waals surface area (Å²) in [5.41, 5.74) is 1.18. The molecule has 3 rings (SSSR count). The van der Waals surface area contributed by atoms with E-state index in [-0.39, 0.29) is 29.0 Å². The first kappa shape index (κ1) is 33.5. The summed E-state index contributed by atoms with van der Waals surface area (Å²) in [6, 6.07) is 15.8. The van der Waals surface area contributed by atoms with Crippen LogP contribution < -0.4 is 20.3 Å². The lowest BCUT2D eigenvalue weighted by Gasteiger charge is -2.23. The number of para-hydroxylation sites is 1. The molecule has 14 heteroatoms. The van der Waals surface area contributed by atoms with Gasteiger partial charge in [0.2, 0.25) is 23.9 Å². The molecule has 2 unspecified atom stereocenters. The van der Waals surface area contributed by atoms with E-state index >= 15 is 0 Å². The highest BCUT2D eigenvalue weighted by molar-refractivity contribution is 6.43. The molecule has 0 heterocycles. The molecular formula is C31H30N4O10. The predicted octanol–water partition coefficient (Wildman–Crippen LogP) is 1.41. The standard InChI is InChI=1S/C31H30N4O10/c1-18(33-31(44)29(42)20-12-24(38)30(43)25(13-20)45-2)32-28(19-8-4-3-5-9-19)22-10-6-7-11-23(22)35(17-37)15-26(39)34-21(16-36)14-27(40)41/h3-13,16-18,21,38,43H,14-15H2,1-2H3,(H,33,44)(H,34,39)(H,40,41)/b32-28-. The van der Waals surface area contributed by atoms with E-state index in [2.05, 4.69) is 15.6 Å². The molecule has 234 valence electrons. The van der Waals surface area contributed by atoms with Gasteiger partial charge in [-0.25, -0.2) is 0 Å². The fourth-order valence-electron chi connectivity index (χ4n) is 4.22. The summed E-state index contributed by atoms with van der Waals surface area (Å²) in [6.07, 6.45) is -0.980. The van der Waals surface area contributed by atoms with Crippen molar-refractivity contribution in [1.29, 1.82) is 0 Å². The van der Waals surface area contributed by atoms with E-state index in [0.29, 0.717) is 17.5 Å². The highest BCUT2D eigenvalue weighted by Gasteiger charge is 2.24. The zero-order chi connectivity index (χ0) is 33.1. The van der Waals surface area contributed by atoms with Crippen molar-refractivity contribution in [2.24, 2.45) is 4.99 Å².